The Morgan fingerprint density at radius 1 is 1.38 bits per heavy atom. The van der Waals surface area contributed by atoms with E-state index in [2.05, 4.69) is 24.1 Å². The fourth-order valence-electron chi connectivity index (χ4n) is 2.19. The number of carbonyl (C=O) groups is 1. The van der Waals surface area contributed by atoms with Crippen LogP contribution in [0.3, 0.4) is 0 Å². The van der Waals surface area contributed by atoms with Crippen LogP contribution in [0.25, 0.3) is 0 Å². The maximum atomic E-state index is 10.8. The van der Waals surface area contributed by atoms with Crippen molar-refractivity contribution in [3.05, 3.63) is 0 Å². The molecule has 0 radical (unpaired) electrons. The van der Waals surface area contributed by atoms with Gasteiger partial charge in [-0.15, -0.1) is 0 Å². The van der Waals surface area contributed by atoms with Crippen LogP contribution in [0.2, 0.25) is 0 Å². The normalized spacial score (nSPS) is 24.4. The second kappa shape index (κ2) is 6.86. The Balaban J connectivity index is 2.13. The van der Waals surface area contributed by atoms with Gasteiger partial charge in [-0.1, -0.05) is 13.8 Å². The summed E-state index contributed by atoms with van der Waals surface area (Å²) in [6.07, 6.45) is 3.02. The van der Waals surface area contributed by atoms with Crippen LogP contribution in [0.1, 0.15) is 33.1 Å². The van der Waals surface area contributed by atoms with E-state index in [1.54, 1.807) is 0 Å². The zero-order valence-electron chi connectivity index (χ0n) is 10.4. The molecule has 1 aliphatic rings. The third kappa shape index (κ3) is 3.76. The lowest BCUT2D eigenvalue weighted by atomic mass is 9.79. The molecule has 94 valence electrons. The van der Waals surface area contributed by atoms with Crippen LogP contribution in [0, 0.1) is 5.92 Å². The molecule has 1 saturated carbocycles. The molecule has 0 spiro atoms. The van der Waals surface area contributed by atoms with Gasteiger partial charge in [0.1, 0.15) is 0 Å². The van der Waals surface area contributed by atoms with Crippen LogP contribution in [0.4, 0.5) is 0 Å². The maximum absolute atomic E-state index is 10.8. The zero-order chi connectivity index (χ0) is 12.0. The Labute approximate surface area is 98.0 Å². The molecule has 0 heterocycles. The van der Waals surface area contributed by atoms with Gasteiger partial charge in [0.05, 0.1) is 5.92 Å². The summed E-state index contributed by atoms with van der Waals surface area (Å²) < 4.78 is 0. The van der Waals surface area contributed by atoms with E-state index in [4.69, 9.17) is 5.11 Å². The van der Waals surface area contributed by atoms with Crippen LogP contribution in [0.15, 0.2) is 0 Å². The predicted molar refractivity (Wildman–Crippen MR) is 64.6 cm³/mol. The van der Waals surface area contributed by atoms with Crippen molar-refractivity contribution in [2.24, 2.45) is 5.92 Å². The average Bonchev–Trinajstić information content (AvgIpc) is 2.20. The van der Waals surface area contributed by atoms with Crippen LogP contribution >= 0.6 is 0 Å². The summed E-state index contributed by atoms with van der Waals surface area (Å²) >= 11 is 0. The molecule has 2 N–H and O–H groups in total. The summed E-state index contributed by atoms with van der Waals surface area (Å²) in [5.41, 5.74) is 0. The van der Waals surface area contributed by atoms with Gasteiger partial charge in [0.25, 0.3) is 0 Å². The number of nitrogens with one attached hydrogen (secondary N) is 1. The molecule has 1 rings (SSSR count). The lowest BCUT2D eigenvalue weighted by Gasteiger charge is -2.34. The van der Waals surface area contributed by atoms with Gasteiger partial charge in [0.2, 0.25) is 0 Å². The van der Waals surface area contributed by atoms with E-state index in [0.717, 1.165) is 39.0 Å². The number of hydrogen-bond donors (Lipinski definition) is 2. The fraction of sp³-hybridized carbons (Fsp3) is 0.917. The van der Waals surface area contributed by atoms with Gasteiger partial charge in [0, 0.05) is 19.1 Å². The first kappa shape index (κ1) is 13.5. The minimum atomic E-state index is -0.648. The Morgan fingerprint density at radius 2 is 2.12 bits per heavy atom. The van der Waals surface area contributed by atoms with Gasteiger partial charge < -0.3 is 15.3 Å². The van der Waals surface area contributed by atoms with Gasteiger partial charge in [-0.3, -0.25) is 4.79 Å². The molecule has 4 heteroatoms. The second-order valence-electron chi connectivity index (χ2n) is 4.52. The van der Waals surface area contributed by atoms with Crippen molar-refractivity contribution in [2.75, 3.05) is 26.2 Å². The molecular weight excluding hydrogens is 204 g/mol. The molecule has 1 aliphatic carbocycles. The number of hydrogen-bond acceptors (Lipinski definition) is 3. The molecule has 0 amide bonds. The molecule has 4 nitrogen and oxygen atoms in total. The van der Waals surface area contributed by atoms with Crippen molar-refractivity contribution in [1.82, 2.24) is 10.2 Å². The van der Waals surface area contributed by atoms with Crippen LogP contribution < -0.4 is 5.32 Å². The molecule has 0 saturated heterocycles. The molecular formula is C12H24N2O2. The Hall–Kier alpha value is -0.610. The third-order valence-corrected chi connectivity index (χ3v) is 3.41. The number of rotatable bonds is 8. The van der Waals surface area contributed by atoms with Crippen molar-refractivity contribution in [2.45, 2.75) is 39.2 Å². The molecule has 0 aromatic rings. The van der Waals surface area contributed by atoms with Gasteiger partial charge in [-0.25, -0.2) is 0 Å². The summed E-state index contributed by atoms with van der Waals surface area (Å²) in [7, 11) is 0. The topological polar surface area (TPSA) is 52.6 Å². The van der Waals surface area contributed by atoms with Gasteiger partial charge in [0.15, 0.2) is 0 Å². The van der Waals surface area contributed by atoms with E-state index < -0.39 is 5.97 Å². The minimum Gasteiger partial charge on any atom is -0.481 e. The van der Waals surface area contributed by atoms with E-state index >= 15 is 0 Å². The molecule has 1 fully saturated rings. The molecule has 0 aliphatic heterocycles. The van der Waals surface area contributed by atoms with Crippen molar-refractivity contribution in [3.8, 4) is 0 Å². The van der Waals surface area contributed by atoms with Crippen molar-refractivity contribution in [3.63, 3.8) is 0 Å². The average molecular weight is 228 g/mol. The lowest BCUT2D eigenvalue weighted by molar-refractivity contribution is -0.146. The standard InChI is InChI=1S/C12H24N2O2/c1-3-8-14(4-2)9-7-13-11-6-5-10(11)12(15)16/h10-11,13H,3-9H2,1-2H3,(H,15,16). The molecule has 16 heavy (non-hydrogen) atoms. The Morgan fingerprint density at radius 3 is 2.56 bits per heavy atom. The fourth-order valence-corrected chi connectivity index (χ4v) is 2.19. The maximum Gasteiger partial charge on any atom is 0.308 e. The summed E-state index contributed by atoms with van der Waals surface area (Å²) in [6.45, 7) is 8.48. The van der Waals surface area contributed by atoms with Crippen molar-refractivity contribution >= 4 is 5.97 Å². The first-order valence-corrected chi connectivity index (χ1v) is 6.37. The highest BCUT2D eigenvalue weighted by Gasteiger charge is 2.35. The summed E-state index contributed by atoms with van der Waals surface area (Å²) in [6, 6.07) is 0.206. The quantitative estimate of drug-likeness (QED) is 0.655. The van der Waals surface area contributed by atoms with Gasteiger partial charge >= 0.3 is 5.97 Å². The SMILES string of the molecule is CCCN(CC)CCNC1CCC1C(=O)O. The Bertz CT molecular complexity index is 221. The Kier molecular flexibility index (Phi) is 5.77. The number of carboxylic acids is 1. The predicted octanol–water partition coefficient (Wildman–Crippen LogP) is 1.17. The zero-order valence-corrected chi connectivity index (χ0v) is 10.4. The smallest absolute Gasteiger partial charge is 0.308 e. The summed E-state index contributed by atoms with van der Waals surface area (Å²) in [4.78, 5) is 13.2. The van der Waals surface area contributed by atoms with E-state index in [0.29, 0.717) is 0 Å². The molecule has 0 aromatic heterocycles. The second-order valence-corrected chi connectivity index (χ2v) is 4.52. The van der Waals surface area contributed by atoms with Gasteiger partial charge in [-0.05, 0) is 32.4 Å². The summed E-state index contributed by atoms with van der Waals surface area (Å²) in [5, 5.41) is 12.2. The monoisotopic (exact) mass is 228 g/mol. The highest BCUT2D eigenvalue weighted by atomic mass is 16.4. The number of carboxylic acid groups (broad SMARTS) is 1. The lowest BCUT2D eigenvalue weighted by Crippen LogP contribution is -2.49. The van der Waals surface area contributed by atoms with Gasteiger partial charge in [-0.2, -0.15) is 0 Å². The van der Waals surface area contributed by atoms with E-state index in [-0.39, 0.29) is 12.0 Å². The number of nitrogens with zero attached hydrogens (tertiary/aromatic N) is 1. The number of likely N-dealkylation sites (N-methyl/N-ethyl adjacent to an activating group) is 1. The highest BCUT2D eigenvalue weighted by Crippen LogP contribution is 2.27. The minimum absolute atomic E-state index is 0.152. The van der Waals surface area contributed by atoms with E-state index in [9.17, 15) is 4.79 Å². The largest absolute Gasteiger partial charge is 0.481 e. The van der Waals surface area contributed by atoms with E-state index in [1.165, 1.54) is 6.42 Å². The highest BCUT2D eigenvalue weighted by molar-refractivity contribution is 5.72. The number of aliphatic carboxylic acids is 1. The first-order chi connectivity index (χ1) is 7.69. The van der Waals surface area contributed by atoms with E-state index in [1.807, 2.05) is 0 Å². The summed E-state index contributed by atoms with van der Waals surface area (Å²) in [5.74, 6) is -0.800. The van der Waals surface area contributed by atoms with Crippen molar-refractivity contribution in [1.29, 1.82) is 0 Å². The van der Waals surface area contributed by atoms with Crippen LogP contribution in [-0.2, 0) is 4.79 Å². The van der Waals surface area contributed by atoms with Crippen molar-refractivity contribution < 1.29 is 9.90 Å². The molecule has 0 bridgehead atoms. The van der Waals surface area contributed by atoms with Crippen LogP contribution in [-0.4, -0.2) is 48.2 Å². The van der Waals surface area contributed by atoms with Crippen LogP contribution in [0.5, 0.6) is 0 Å². The molecule has 2 atom stereocenters. The first-order valence-electron chi connectivity index (χ1n) is 6.37. The third-order valence-electron chi connectivity index (χ3n) is 3.41. The molecule has 2 unspecified atom stereocenters. The molecule has 0 aromatic carbocycles.